The summed E-state index contributed by atoms with van der Waals surface area (Å²) in [6.07, 6.45) is 3.21. The normalized spacial score (nSPS) is 11.2. The third-order valence-corrected chi connectivity index (χ3v) is 4.21. The van der Waals surface area contributed by atoms with Crippen molar-refractivity contribution in [3.05, 3.63) is 82.5 Å². The van der Waals surface area contributed by atoms with Gasteiger partial charge in [-0.2, -0.15) is 14.9 Å². The van der Waals surface area contributed by atoms with Crippen LogP contribution in [0.25, 0.3) is 11.3 Å². The maximum atomic E-state index is 13.2. The van der Waals surface area contributed by atoms with E-state index in [1.165, 1.54) is 16.8 Å². The minimum atomic E-state index is -0.302. The van der Waals surface area contributed by atoms with Gasteiger partial charge in [0, 0.05) is 11.1 Å². The lowest BCUT2D eigenvalue weighted by atomic mass is 10.1. The number of rotatable bonds is 6. The van der Waals surface area contributed by atoms with Crippen molar-refractivity contribution < 1.29 is 9.13 Å². The highest BCUT2D eigenvalue weighted by Gasteiger charge is 2.09. The molecule has 0 atom stereocenters. The van der Waals surface area contributed by atoms with E-state index in [9.17, 15) is 4.39 Å². The second kappa shape index (κ2) is 7.97. The highest BCUT2D eigenvalue weighted by atomic mass is 32.1. The van der Waals surface area contributed by atoms with Crippen LogP contribution >= 0.6 is 12.2 Å². The van der Waals surface area contributed by atoms with Crippen LogP contribution in [0, 0.1) is 10.6 Å². The Morgan fingerprint density at radius 2 is 1.89 bits per heavy atom. The van der Waals surface area contributed by atoms with E-state index in [1.54, 1.807) is 24.5 Å². The summed E-state index contributed by atoms with van der Waals surface area (Å²) in [4.78, 5) is 0. The molecule has 0 amide bonds. The smallest absolute Gasteiger partial charge is 0.337 e. The zero-order chi connectivity index (χ0) is 19.3. The highest BCUT2D eigenvalue weighted by Crippen LogP contribution is 2.20. The number of benzene rings is 2. The van der Waals surface area contributed by atoms with Gasteiger partial charge in [0.25, 0.3) is 0 Å². The SMILES string of the molecule is Fc1ccc(-c2[nH]ncc2/C=N/n2c(OCc3ccccc3)n[nH]c2=S)cc1. The fraction of sp³-hybridized carbons (Fsp3) is 0.0526. The van der Waals surface area contributed by atoms with Gasteiger partial charge in [-0.25, -0.2) is 9.49 Å². The van der Waals surface area contributed by atoms with E-state index < -0.39 is 0 Å². The molecule has 0 radical (unpaired) electrons. The Kier molecular flexibility index (Phi) is 5.07. The van der Waals surface area contributed by atoms with E-state index >= 15 is 0 Å². The molecular weight excluding hydrogens is 379 g/mol. The summed E-state index contributed by atoms with van der Waals surface area (Å²) in [5.41, 5.74) is 3.21. The van der Waals surface area contributed by atoms with Crippen molar-refractivity contribution in [2.45, 2.75) is 6.61 Å². The predicted molar refractivity (Wildman–Crippen MR) is 105 cm³/mol. The first-order valence-electron chi connectivity index (χ1n) is 8.38. The number of H-pyrrole nitrogens is 2. The van der Waals surface area contributed by atoms with Crippen LogP contribution < -0.4 is 4.74 Å². The highest BCUT2D eigenvalue weighted by molar-refractivity contribution is 7.71. The molecule has 0 aliphatic heterocycles. The van der Waals surface area contributed by atoms with E-state index in [1.807, 2.05) is 30.3 Å². The van der Waals surface area contributed by atoms with Crippen LogP contribution in [0.2, 0.25) is 0 Å². The van der Waals surface area contributed by atoms with Gasteiger partial charge >= 0.3 is 6.01 Å². The topological polar surface area (TPSA) is 83.9 Å². The Labute approximate surface area is 164 Å². The second-order valence-electron chi connectivity index (χ2n) is 5.85. The third kappa shape index (κ3) is 3.89. The molecule has 0 unspecified atom stereocenters. The number of ether oxygens (including phenoxy) is 1. The van der Waals surface area contributed by atoms with Crippen LogP contribution in [0.5, 0.6) is 6.01 Å². The molecule has 2 N–H and O–H groups in total. The quantitative estimate of drug-likeness (QED) is 0.383. The standard InChI is InChI=1S/C19H15FN6OS/c20-16-8-6-14(7-9-16)17-15(10-21-23-17)11-22-26-18(24-25-19(26)28)27-12-13-4-2-1-3-5-13/h1-11H,12H2,(H,21,23)(H,25,28)/b22-11+. The van der Waals surface area contributed by atoms with Crippen LogP contribution in [0.1, 0.15) is 11.1 Å². The van der Waals surface area contributed by atoms with Crippen molar-refractivity contribution >= 4 is 18.4 Å². The van der Waals surface area contributed by atoms with Gasteiger partial charge < -0.3 is 4.74 Å². The molecule has 4 aromatic rings. The molecule has 7 nitrogen and oxygen atoms in total. The Morgan fingerprint density at radius 3 is 2.68 bits per heavy atom. The molecule has 0 saturated heterocycles. The van der Waals surface area contributed by atoms with E-state index in [0.717, 1.165) is 11.1 Å². The van der Waals surface area contributed by atoms with Gasteiger partial charge in [-0.3, -0.25) is 5.10 Å². The molecular formula is C19H15FN6OS. The van der Waals surface area contributed by atoms with E-state index in [2.05, 4.69) is 25.5 Å². The number of hydrogen-bond acceptors (Lipinski definition) is 5. The average molecular weight is 394 g/mol. The molecule has 0 fully saturated rings. The minimum Gasteiger partial charge on any atom is -0.457 e. The first-order chi connectivity index (χ1) is 13.7. The minimum absolute atomic E-state index is 0.247. The van der Waals surface area contributed by atoms with Crippen molar-refractivity contribution in [1.82, 2.24) is 25.1 Å². The second-order valence-corrected chi connectivity index (χ2v) is 6.24. The predicted octanol–water partition coefficient (Wildman–Crippen LogP) is 3.93. The van der Waals surface area contributed by atoms with Crippen LogP contribution in [-0.2, 0) is 6.61 Å². The monoisotopic (exact) mass is 394 g/mol. The summed E-state index contributed by atoms with van der Waals surface area (Å²) < 4.78 is 20.6. The van der Waals surface area contributed by atoms with Crippen LogP contribution in [-0.4, -0.2) is 31.3 Å². The number of nitrogens with one attached hydrogen (secondary N) is 2. The van der Waals surface area contributed by atoms with Crippen LogP contribution in [0.15, 0.2) is 65.9 Å². The number of nitrogens with zero attached hydrogens (tertiary/aromatic N) is 4. The Morgan fingerprint density at radius 1 is 1.11 bits per heavy atom. The first-order valence-corrected chi connectivity index (χ1v) is 8.79. The fourth-order valence-corrected chi connectivity index (χ4v) is 2.73. The van der Waals surface area contributed by atoms with Gasteiger partial charge in [-0.15, -0.1) is 5.10 Å². The molecule has 140 valence electrons. The summed E-state index contributed by atoms with van der Waals surface area (Å²) in [5.74, 6) is -0.302. The molecule has 9 heteroatoms. The van der Waals surface area contributed by atoms with Gasteiger partial charge in [-0.05, 0) is 42.0 Å². The summed E-state index contributed by atoms with van der Waals surface area (Å²) in [6, 6.07) is 16.1. The maximum Gasteiger partial charge on any atom is 0.337 e. The lowest BCUT2D eigenvalue weighted by Gasteiger charge is -2.04. The molecule has 2 aromatic heterocycles. The molecule has 28 heavy (non-hydrogen) atoms. The summed E-state index contributed by atoms with van der Waals surface area (Å²) in [6.45, 7) is 0.336. The summed E-state index contributed by atoms with van der Waals surface area (Å²) >= 11 is 5.23. The fourth-order valence-electron chi connectivity index (χ4n) is 2.56. The number of halogens is 1. The van der Waals surface area contributed by atoms with Crippen LogP contribution in [0.3, 0.4) is 0 Å². The van der Waals surface area contributed by atoms with Crippen molar-refractivity contribution in [3.63, 3.8) is 0 Å². The number of hydrogen-bond donors (Lipinski definition) is 2. The van der Waals surface area contributed by atoms with Crippen LogP contribution in [0.4, 0.5) is 4.39 Å². The van der Waals surface area contributed by atoms with Crippen molar-refractivity contribution in [3.8, 4) is 17.3 Å². The molecule has 0 bridgehead atoms. The Bertz CT molecular complexity index is 1150. The van der Waals surface area contributed by atoms with Crippen molar-refractivity contribution in [1.29, 1.82) is 0 Å². The lowest BCUT2D eigenvalue weighted by Crippen LogP contribution is -2.01. The summed E-state index contributed by atoms with van der Waals surface area (Å²) in [7, 11) is 0. The Balaban J connectivity index is 1.56. The average Bonchev–Trinajstić information content (AvgIpc) is 3.32. The molecule has 0 aliphatic carbocycles. The van der Waals surface area contributed by atoms with E-state index in [4.69, 9.17) is 17.0 Å². The number of aromatic nitrogens is 5. The van der Waals surface area contributed by atoms with E-state index in [-0.39, 0.29) is 11.8 Å². The molecule has 0 aliphatic rings. The number of aromatic amines is 2. The summed E-state index contributed by atoms with van der Waals surface area (Å²) in [5, 5.41) is 18.0. The molecule has 2 aromatic carbocycles. The van der Waals surface area contributed by atoms with Gasteiger partial charge in [-0.1, -0.05) is 30.3 Å². The van der Waals surface area contributed by atoms with Crippen molar-refractivity contribution in [2.75, 3.05) is 0 Å². The lowest BCUT2D eigenvalue weighted by molar-refractivity contribution is 0.269. The molecule has 0 saturated carbocycles. The molecule has 0 spiro atoms. The Hall–Kier alpha value is -3.59. The zero-order valence-corrected chi connectivity index (χ0v) is 15.4. The van der Waals surface area contributed by atoms with Gasteiger partial charge in [0.1, 0.15) is 12.4 Å². The van der Waals surface area contributed by atoms with E-state index in [0.29, 0.717) is 22.6 Å². The molecule has 2 heterocycles. The largest absolute Gasteiger partial charge is 0.457 e. The first kappa shape index (κ1) is 17.8. The van der Waals surface area contributed by atoms with Gasteiger partial charge in [0.15, 0.2) is 0 Å². The molecule has 4 rings (SSSR count). The zero-order valence-electron chi connectivity index (χ0n) is 14.5. The third-order valence-electron chi connectivity index (χ3n) is 3.95. The van der Waals surface area contributed by atoms with Gasteiger partial charge in [0.05, 0.1) is 18.1 Å². The van der Waals surface area contributed by atoms with Crippen molar-refractivity contribution in [2.24, 2.45) is 5.10 Å². The van der Waals surface area contributed by atoms with Gasteiger partial charge in [0.2, 0.25) is 4.77 Å². The maximum absolute atomic E-state index is 13.2.